The predicted octanol–water partition coefficient (Wildman–Crippen LogP) is 5.48. The summed E-state index contributed by atoms with van der Waals surface area (Å²) >= 11 is 9.22. The van der Waals surface area contributed by atoms with E-state index >= 15 is 0 Å². The SMILES string of the molecule is CCSc1nnc(NC(=O)/C(=C/c2ccccc2Cl)c2ccccc2)s1. The fraction of sp³-hybridized carbons (Fsp3) is 0.105. The van der Waals surface area contributed by atoms with Gasteiger partial charge in [-0.2, -0.15) is 0 Å². The molecule has 26 heavy (non-hydrogen) atoms. The van der Waals surface area contributed by atoms with E-state index in [0.717, 1.165) is 21.2 Å². The van der Waals surface area contributed by atoms with E-state index in [2.05, 4.69) is 15.5 Å². The first-order chi connectivity index (χ1) is 12.7. The number of carbonyl (C=O) groups is 1. The number of thioether (sulfide) groups is 1. The Balaban J connectivity index is 1.92. The zero-order chi connectivity index (χ0) is 18.4. The molecule has 0 saturated carbocycles. The van der Waals surface area contributed by atoms with Crippen LogP contribution < -0.4 is 5.32 Å². The van der Waals surface area contributed by atoms with Crippen LogP contribution in [-0.2, 0) is 4.79 Å². The Morgan fingerprint density at radius 3 is 2.62 bits per heavy atom. The molecule has 132 valence electrons. The third-order valence-corrected chi connectivity index (χ3v) is 5.63. The number of carbonyl (C=O) groups excluding carboxylic acids is 1. The van der Waals surface area contributed by atoms with Gasteiger partial charge in [-0.15, -0.1) is 10.2 Å². The zero-order valence-corrected chi connectivity index (χ0v) is 16.4. The normalized spacial score (nSPS) is 11.4. The summed E-state index contributed by atoms with van der Waals surface area (Å²) in [5, 5.41) is 12.0. The summed E-state index contributed by atoms with van der Waals surface area (Å²) in [7, 11) is 0. The molecule has 0 radical (unpaired) electrons. The van der Waals surface area contributed by atoms with Gasteiger partial charge in [-0.3, -0.25) is 10.1 Å². The molecule has 2 aromatic carbocycles. The van der Waals surface area contributed by atoms with Crippen molar-refractivity contribution < 1.29 is 4.79 Å². The molecule has 0 unspecified atom stereocenters. The van der Waals surface area contributed by atoms with Gasteiger partial charge in [0.2, 0.25) is 5.13 Å². The molecule has 0 saturated heterocycles. The predicted molar refractivity (Wildman–Crippen MR) is 111 cm³/mol. The summed E-state index contributed by atoms with van der Waals surface area (Å²) in [6.07, 6.45) is 1.79. The van der Waals surface area contributed by atoms with Crippen LogP contribution in [0.4, 0.5) is 5.13 Å². The van der Waals surface area contributed by atoms with Crippen LogP contribution in [0.25, 0.3) is 11.6 Å². The third-order valence-electron chi connectivity index (χ3n) is 3.43. The lowest BCUT2D eigenvalue weighted by Crippen LogP contribution is -2.13. The maximum atomic E-state index is 12.9. The van der Waals surface area contributed by atoms with Gasteiger partial charge in [0.15, 0.2) is 4.34 Å². The molecule has 0 aliphatic carbocycles. The number of rotatable bonds is 6. The van der Waals surface area contributed by atoms with Crippen molar-refractivity contribution in [3.8, 4) is 0 Å². The second-order valence-corrected chi connectivity index (χ2v) is 8.10. The Hall–Kier alpha value is -2.15. The monoisotopic (exact) mass is 401 g/mol. The van der Waals surface area contributed by atoms with Crippen LogP contribution in [0.5, 0.6) is 0 Å². The number of halogens is 1. The zero-order valence-electron chi connectivity index (χ0n) is 14.0. The largest absolute Gasteiger partial charge is 0.296 e. The van der Waals surface area contributed by atoms with Crippen LogP contribution in [-0.4, -0.2) is 21.9 Å². The lowest BCUT2D eigenvalue weighted by molar-refractivity contribution is -0.111. The molecule has 0 spiro atoms. The van der Waals surface area contributed by atoms with E-state index in [1.165, 1.54) is 11.3 Å². The van der Waals surface area contributed by atoms with Crippen LogP contribution in [0.1, 0.15) is 18.1 Å². The first-order valence-corrected chi connectivity index (χ1v) is 10.1. The minimum absolute atomic E-state index is 0.250. The quantitative estimate of drug-likeness (QED) is 0.257. The molecule has 4 nitrogen and oxygen atoms in total. The Kier molecular flexibility index (Phi) is 6.44. The number of benzene rings is 2. The summed E-state index contributed by atoms with van der Waals surface area (Å²) in [5.41, 5.74) is 2.10. The number of hydrogen-bond donors (Lipinski definition) is 1. The average Bonchev–Trinajstić information content (AvgIpc) is 3.09. The average molecular weight is 402 g/mol. The molecule has 1 amide bonds. The second kappa shape index (κ2) is 8.98. The summed E-state index contributed by atoms with van der Waals surface area (Å²) in [5.74, 6) is 0.657. The van der Waals surface area contributed by atoms with E-state index in [1.54, 1.807) is 23.9 Å². The number of nitrogens with zero attached hydrogens (tertiary/aromatic N) is 2. The van der Waals surface area contributed by atoms with Gasteiger partial charge in [0, 0.05) is 10.6 Å². The summed E-state index contributed by atoms with van der Waals surface area (Å²) in [6.45, 7) is 2.05. The van der Waals surface area contributed by atoms with Gasteiger partial charge in [0.1, 0.15) is 0 Å². The maximum Gasteiger partial charge on any atom is 0.258 e. The highest BCUT2D eigenvalue weighted by molar-refractivity contribution is 8.01. The molecular weight excluding hydrogens is 386 g/mol. The van der Waals surface area contributed by atoms with Crippen LogP contribution in [0.15, 0.2) is 58.9 Å². The Morgan fingerprint density at radius 1 is 1.15 bits per heavy atom. The fourth-order valence-electron chi connectivity index (χ4n) is 2.25. The van der Waals surface area contributed by atoms with Gasteiger partial charge in [0.25, 0.3) is 5.91 Å². The molecule has 1 N–H and O–H groups in total. The molecule has 1 heterocycles. The molecule has 0 aliphatic heterocycles. The van der Waals surface area contributed by atoms with Crippen LogP contribution in [0, 0.1) is 0 Å². The van der Waals surface area contributed by atoms with Crippen LogP contribution >= 0.6 is 34.7 Å². The van der Waals surface area contributed by atoms with E-state index < -0.39 is 0 Å². The van der Waals surface area contributed by atoms with Crippen molar-refractivity contribution in [3.63, 3.8) is 0 Å². The highest BCUT2D eigenvalue weighted by atomic mass is 35.5. The van der Waals surface area contributed by atoms with Crippen molar-refractivity contribution >= 4 is 57.4 Å². The van der Waals surface area contributed by atoms with Gasteiger partial charge in [-0.1, -0.05) is 90.2 Å². The number of aromatic nitrogens is 2. The summed E-state index contributed by atoms with van der Waals surface area (Å²) in [4.78, 5) is 12.9. The van der Waals surface area contributed by atoms with Crippen molar-refractivity contribution in [1.29, 1.82) is 0 Å². The molecule has 3 rings (SSSR count). The third kappa shape index (κ3) is 4.72. The number of anilines is 1. The minimum atomic E-state index is -0.250. The molecular formula is C19H16ClN3OS2. The van der Waals surface area contributed by atoms with E-state index in [9.17, 15) is 4.79 Å². The lowest BCUT2D eigenvalue weighted by Gasteiger charge is -2.08. The molecule has 0 aliphatic rings. The van der Waals surface area contributed by atoms with Crippen molar-refractivity contribution in [2.45, 2.75) is 11.3 Å². The Bertz CT molecular complexity index is 925. The number of amides is 1. The Labute approximate surface area is 165 Å². The van der Waals surface area contributed by atoms with Crippen LogP contribution in [0.3, 0.4) is 0 Å². The van der Waals surface area contributed by atoms with Crippen molar-refractivity contribution in [2.24, 2.45) is 0 Å². The minimum Gasteiger partial charge on any atom is -0.296 e. The molecule has 1 aromatic heterocycles. The van der Waals surface area contributed by atoms with E-state index in [1.807, 2.05) is 55.5 Å². The van der Waals surface area contributed by atoms with E-state index in [-0.39, 0.29) is 5.91 Å². The smallest absolute Gasteiger partial charge is 0.258 e. The van der Waals surface area contributed by atoms with Crippen molar-refractivity contribution in [2.75, 3.05) is 11.1 Å². The standard InChI is InChI=1S/C19H16ClN3OS2/c1-2-25-19-23-22-18(26-19)21-17(24)15(13-8-4-3-5-9-13)12-14-10-6-7-11-16(14)20/h3-12H,2H2,1H3,(H,21,22,24)/b15-12+. The molecule has 0 fully saturated rings. The van der Waals surface area contributed by atoms with Gasteiger partial charge in [-0.25, -0.2) is 0 Å². The van der Waals surface area contributed by atoms with Gasteiger partial charge >= 0.3 is 0 Å². The molecule has 0 bridgehead atoms. The van der Waals surface area contributed by atoms with Crippen LogP contribution in [0.2, 0.25) is 5.02 Å². The van der Waals surface area contributed by atoms with Crippen molar-refractivity contribution in [1.82, 2.24) is 10.2 Å². The summed E-state index contributed by atoms with van der Waals surface area (Å²) < 4.78 is 0.833. The molecule has 7 heteroatoms. The van der Waals surface area contributed by atoms with E-state index in [0.29, 0.717) is 15.7 Å². The van der Waals surface area contributed by atoms with Crippen molar-refractivity contribution in [3.05, 3.63) is 70.7 Å². The van der Waals surface area contributed by atoms with Gasteiger partial charge < -0.3 is 0 Å². The van der Waals surface area contributed by atoms with E-state index in [4.69, 9.17) is 11.6 Å². The first-order valence-electron chi connectivity index (χ1n) is 7.96. The van der Waals surface area contributed by atoms with Gasteiger partial charge in [0.05, 0.1) is 0 Å². The maximum absolute atomic E-state index is 12.9. The second-order valence-electron chi connectivity index (χ2n) is 5.21. The Morgan fingerprint density at radius 2 is 1.88 bits per heavy atom. The highest BCUT2D eigenvalue weighted by Crippen LogP contribution is 2.27. The molecule has 3 aromatic rings. The first kappa shape index (κ1) is 18.6. The van der Waals surface area contributed by atoms with Gasteiger partial charge in [-0.05, 0) is 29.0 Å². The summed E-state index contributed by atoms with van der Waals surface area (Å²) in [6, 6.07) is 16.9. The number of nitrogens with one attached hydrogen (secondary N) is 1. The topological polar surface area (TPSA) is 54.9 Å². The molecule has 0 atom stereocenters. The highest BCUT2D eigenvalue weighted by Gasteiger charge is 2.15. The fourth-order valence-corrected chi connectivity index (χ4v) is 4.09. The number of hydrogen-bond acceptors (Lipinski definition) is 5. The lowest BCUT2D eigenvalue weighted by atomic mass is 10.0.